The van der Waals surface area contributed by atoms with Gasteiger partial charge in [-0.15, -0.1) is 0 Å². The topological polar surface area (TPSA) is 83.7 Å². The number of benzene rings is 2. The number of hydrogen-bond acceptors (Lipinski definition) is 4. The summed E-state index contributed by atoms with van der Waals surface area (Å²) in [6, 6.07) is 16.4. The molecule has 2 aromatic carbocycles. The lowest BCUT2D eigenvalue weighted by molar-refractivity contribution is 0.0696. The smallest absolute Gasteiger partial charge is 0.335 e. The molecule has 0 aliphatic carbocycles. The number of thiazole rings is 1. The van der Waals surface area contributed by atoms with Crippen LogP contribution in [0.15, 0.2) is 60.8 Å². The molecular formula is C21H17N3O3S. The van der Waals surface area contributed by atoms with Crippen LogP contribution in [0.1, 0.15) is 31.3 Å². The largest absolute Gasteiger partial charge is 0.478 e. The molecule has 28 heavy (non-hydrogen) atoms. The number of carboxylic acids is 1. The van der Waals surface area contributed by atoms with Crippen LogP contribution in [0.25, 0.3) is 16.2 Å². The summed E-state index contributed by atoms with van der Waals surface area (Å²) >= 11 is 1.35. The van der Waals surface area contributed by atoms with Crippen molar-refractivity contribution >= 4 is 28.2 Å². The molecule has 1 amide bonds. The Morgan fingerprint density at radius 1 is 1.11 bits per heavy atom. The maximum absolute atomic E-state index is 12.6. The molecule has 0 fully saturated rings. The number of amides is 1. The first kappa shape index (κ1) is 17.9. The van der Waals surface area contributed by atoms with Gasteiger partial charge in [-0.1, -0.05) is 53.8 Å². The molecule has 0 aliphatic rings. The molecule has 0 spiro atoms. The Labute approximate surface area is 165 Å². The van der Waals surface area contributed by atoms with Crippen LogP contribution in [0, 0.1) is 6.92 Å². The fourth-order valence-corrected chi connectivity index (χ4v) is 3.96. The maximum atomic E-state index is 12.6. The van der Waals surface area contributed by atoms with E-state index >= 15 is 0 Å². The summed E-state index contributed by atoms with van der Waals surface area (Å²) < 4.78 is 1.93. The van der Waals surface area contributed by atoms with E-state index in [1.165, 1.54) is 23.5 Å². The van der Waals surface area contributed by atoms with Crippen molar-refractivity contribution in [2.24, 2.45) is 0 Å². The Kier molecular flexibility index (Phi) is 4.67. The van der Waals surface area contributed by atoms with Gasteiger partial charge < -0.3 is 10.4 Å². The van der Waals surface area contributed by atoms with Crippen molar-refractivity contribution in [2.45, 2.75) is 13.5 Å². The highest BCUT2D eigenvalue weighted by Crippen LogP contribution is 2.27. The van der Waals surface area contributed by atoms with Gasteiger partial charge >= 0.3 is 5.97 Å². The lowest BCUT2D eigenvalue weighted by atomic mass is 10.1. The summed E-state index contributed by atoms with van der Waals surface area (Å²) in [5.74, 6) is -1.14. The number of aromatic nitrogens is 2. The Hall–Kier alpha value is -3.45. The van der Waals surface area contributed by atoms with Crippen LogP contribution in [0.2, 0.25) is 0 Å². The van der Waals surface area contributed by atoms with Gasteiger partial charge in [-0.05, 0) is 24.6 Å². The molecule has 4 rings (SSSR count). The molecule has 4 aromatic rings. The fraction of sp³-hybridized carbons (Fsp3) is 0.0952. The molecule has 0 bridgehead atoms. The van der Waals surface area contributed by atoms with Crippen LogP contribution >= 0.6 is 11.3 Å². The number of carboxylic acid groups (broad SMARTS) is 1. The van der Waals surface area contributed by atoms with Crippen LogP contribution in [0.4, 0.5) is 0 Å². The second kappa shape index (κ2) is 7.28. The third-order valence-corrected chi connectivity index (χ3v) is 5.64. The number of imidazole rings is 1. The van der Waals surface area contributed by atoms with Crippen molar-refractivity contribution in [3.05, 3.63) is 82.5 Å². The van der Waals surface area contributed by atoms with Crippen molar-refractivity contribution in [3.8, 4) is 11.3 Å². The molecule has 2 aromatic heterocycles. The highest BCUT2D eigenvalue weighted by molar-refractivity contribution is 7.19. The van der Waals surface area contributed by atoms with Crippen LogP contribution in [0.3, 0.4) is 0 Å². The number of hydrogen-bond donors (Lipinski definition) is 2. The van der Waals surface area contributed by atoms with Crippen molar-refractivity contribution in [3.63, 3.8) is 0 Å². The Bertz CT molecular complexity index is 1160. The monoisotopic (exact) mass is 391 g/mol. The number of rotatable bonds is 5. The van der Waals surface area contributed by atoms with Crippen LogP contribution in [0.5, 0.6) is 0 Å². The highest BCUT2D eigenvalue weighted by Gasteiger charge is 2.18. The number of nitrogens with one attached hydrogen (secondary N) is 1. The van der Waals surface area contributed by atoms with E-state index in [1.807, 2.05) is 47.9 Å². The SMILES string of the molecule is Cc1c(C(=O)NCc2ccc(C(=O)O)cc2)sc2nc(-c3ccccc3)cn12. The minimum atomic E-state index is -0.969. The van der Waals surface area contributed by atoms with Gasteiger partial charge in [0.05, 0.1) is 11.3 Å². The number of carbonyl (C=O) groups is 2. The fourth-order valence-electron chi connectivity index (χ4n) is 2.94. The van der Waals surface area contributed by atoms with Gasteiger partial charge in [-0.3, -0.25) is 9.20 Å². The van der Waals surface area contributed by atoms with Gasteiger partial charge in [-0.25, -0.2) is 9.78 Å². The zero-order valence-corrected chi connectivity index (χ0v) is 15.9. The zero-order valence-electron chi connectivity index (χ0n) is 15.0. The van der Waals surface area contributed by atoms with Gasteiger partial charge in [0.1, 0.15) is 4.88 Å². The summed E-state index contributed by atoms with van der Waals surface area (Å²) in [5.41, 5.74) is 3.81. The van der Waals surface area contributed by atoms with Gasteiger partial charge in [0.2, 0.25) is 0 Å². The molecule has 7 heteroatoms. The third kappa shape index (κ3) is 3.39. The van der Waals surface area contributed by atoms with Crippen LogP contribution < -0.4 is 5.32 Å². The average molecular weight is 391 g/mol. The normalized spacial score (nSPS) is 10.9. The first-order chi connectivity index (χ1) is 13.5. The summed E-state index contributed by atoms with van der Waals surface area (Å²) in [5, 5.41) is 11.8. The molecular weight excluding hydrogens is 374 g/mol. The van der Waals surface area contributed by atoms with Crippen molar-refractivity contribution in [1.82, 2.24) is 14.7 Å². The van der Waals surface area contributed by atoms with E-state index in [0.29, 0.717) is 11.4 Å². The number of fused-ring (bicyclic) bond motifs is 1. The number of carbonyl (C=O) groups excluding carboxylic acids is 1. The quantitative estimate of drug-likeness (QED) is 0.539. The molecule has 0 radical (unpaired) electrons. The second-order valence-corrected chi connectivity index (χ2v) is 7.32. The molecule has 0 aliphatic heterocycles. The minimum Gasteiger partial charge on any atom is -0.478 e. The number of aromatic carboxylic acids is 1. The van der Waals surface area contributed by atoms with Crippen molar-refractivity contribution in [2.75, 3.05) is 0 Å². The van der Waals surface area contributed by atoms with Crippen LogP contribution in [-0.4, -0.2) is 26.4 Å². The zero-order chi connectivity index (χ0) is 19.7. The number of nitrogens with zero attached hydrogens (tertiary/aromatic N) is 2. The standard InChI is InChI=1S/C21H17N3O3S/c1-13-18(19(25)22-11-14-7-9-16(10-8-14)20(26)27)28-21-23-17(12-24(13)21)15-5-3-2-4-6-15/h2-10,12H,11H2,1H3,(H,22,25)(H,26,27). The Balaban J connectivity index is 1.50. The molecule has 2 N–H and O–H groups in total. The first-order valence-corrected chi connectivity index (χ1v) is 9.49. The Morgan fingerprint density at radius 2 is 1.82 bits per heavy atom. The molecule has 140 valence electrons. The average Bonchev–Trinajstić information content (AvgIpc) is 3.27. The predicted molar refractivity (Wildman–Crippen MR) is 108 cm³/mol. The van der Waals surface area contributed by atoms with E-state index in [0.717, 1.165) is 27.5 Å². The maximum Gasteiger partial charge on any atom is 0.335 e. The van der Waals surface area contributed by atoms with E-state index in [2.05, 4.69) is 10.3 Å². The summed E-state index contributed by atoms with van der Waals surface area (Å²) in [7, 11) is 0. The summed E-state index contributed by atoms with van der Waals surface area (Å²) in [6.07, 6.45) is 1.94. The summed E-state index contributed by atoms with van der Waals surface area (Å²) in [6.45, 7) is 2.23. The highest BCUT2D eigenvalue weighted by atomic mass is 32.1. The predicted octanol–water partition coefficient (Wildman–Crippen LogP) is 4.00. The van der Waals surface area contributed by atoms with Gasteiger partial charge in [0.15, 0.2) is 4.96 Å². The van der Waals surface area contributed by atoms with Gasteiger partial charge in [-0.2, -0.15) is 0 Å². The Morgan fingerprint density at radius 3 is 2.46 bits per heavy atom. The van der Waals surface area contributed by atoms with Gasteiger partial charge in [0.25, 0.3) is 5.91 Å². The molecule has 2 heterocycles. The van der Waals surface area contributed by atoms with Crippen LogP contribution in [-0.2, 0) is 6.54 Å². The lowest BCUT2D eigenvalue weighted by Crippen LogP contribution is -2.22. The minimum absolute atomic E-state index is 0.170. The summed E-state index contributed by atoms with van der Waals surface area (Å²) in [4.78, 5) is 29.5. The van der Waals surface area contributed by atoms with Gasteiger partial charge in [0, 0.05) is 24.0 Å². The van der Waals surface area contributed by atoms with E-state index in [9.17, 15) is 9.59 Å². The van der Waals surface area contributed by atoms with E-state index in [4.69, 9.17) is 5.11 Å². The molecule has 0 saturated carbocycles. The second-order valence-electron chi connectivity index (χ2n) is 6.35. The molecule has 0 unspecified atom stereocenters. The van der Waals surface area contributed by atoms with E-state index in [1.54, 1.807) is 12.1 Å². The number of aryl methyl sites for hydroxylation is 1. The molecule has 0 saturated heterocycles. The van der Waals surface area contributed by atoms with E-state index < -0.39 is 5.97 Å². The van der Waals surface area contributed by atoms with Crippen molar-refractivity contribution in [1.29, 1.82) is 0 Å². The molecule has 0 atom stereocenters. The first-order valence-electron chi connectivity index (χ1n) is 8.67. The lowest BCUT2D eigenvalue weighted by Gasteiger charge is -2.05. The molecule has 6 nitrogen and oxygen atoms in total. The third-order valence-electron chi connectivity index (χ3n) is 4.49. The van der Waals surface area contributed by atoms with Crippen molar-refractivity contribution < 1.29 is 14.7 Å². The van der Waals surface area contributed by atoms with E-state index in [-0.39, 0.29) is 11.5 Å².